The first-order valence-corrected chi connectivity index (χ1v) is 6.68. The molecule has 2 aromatic rings. The van der Waals surface area contributed by atoms with Crippen molar-refractivity contribution >= 4 is 11.8 Å². The highest BCUT2D eigenvalue weighted by atomic mass is 16.5. The monoisotopic (exact) mass is 292 g/mol. The standard InChI is InChI=1S/C13H20N6O2/c1-8(14)9-6-19(18-16-9)7-11(20)15-12-5-10(17-21-12)13(2,3)4/h5-6,8H,7,14H2,1-4H3,(H,15,20). The Morgan fingerprint density at radius 3 is 2.76 bits per heavy atom. The van der Waals surface area contributed by atoms with Gasteiger partial charge in [-0.3, -0.25) is 10.1 Å². The molecule has 1 unspecified atom stereocenters. The van der Waals surface area contributed by atoms with Crippen LogP contribution in [0.5, 0.6) is 0 Å². The summed E-state index contributed by atoms with van der Waals surface area (Å²) in [6, 6.07) is 1.50. The van der Waals surface area contributed by atoms with E-state index in [4.69, 9.17) is 10.3 Å². The minimum absolute atomic E-state index is 0.0330. The predicted octanol–water partition coefficient (Wildman–Crippen LogP) is 1.22. The Balaban J connectivity index is 1.96. The van der Waals surface area contributed by atoms with E-state index < -0.39 is 0 Å². The number of anilines is 1. The Morgan fingerprint density at radius 1 is 1.52 bits per heavy atom. The van der Waals surface area contributed by atoms with Gasteiger partial charge in [-0.05, 0) is 6.92 Å². The van der Waals surface area contributed by atoms with Crippen molar-refractivity contribution in [2.45, 2.75) is 45.7 Å². The fraction of sp³-hybridized carbons (Fsp3) is 0.538. The molecular formula is C13H20N6O2. The van der Waals surface area contributed by atoms with Crippen molar-refractivity contribution in [3.05, 3.63) is 23.7 Å². The minimum atomic E-state index is -0.271. The number of rotatable bonds is 4. The molecule has 114 valence electrons. The quantitative estimate of drug-likeness (QED) is 0.876. The van der Waals surface area contributed by atoms with Crippen LogP contribution in [-0.4, -0.2) is 26.1 Å². The van der Waals surface area contributed by atoms with Gasteiger partial charge in [0.25, 0.3) is 0 Å². The van der Waals surface area contributed by atoms with Crippen LogP contribution < -0.4 is 11.1 Å². The number of nitrogens with zero attached hydrogens (tertiary/aromatic N) is 4. The molecule has 0 aromatic carbocycles. The normalized spacial score (nSPS) is 13.2. The molecule has 0 aliphatic heterocycles. The molecule has 0 radical (unpaired) electrons. The Labute approximate surface area is 122 Å². The number of hydrogen-bond donors (Lipinski definition) is 2. The average molecular weight is 292 g/mol. The van der Waals surface area contributed by atoms with Crippen LogP contribution in [0.3, 0.4) is 0 Å². The van der Waals surface area contributed by atoms with Crippen molar-refractivity contribution in [1.82, 2.24) is 20.2 Å². The molecule has 0 fully saturated rings. The third-order valence-corrected chi connectivity index (χ3v) is 2.87. The Morgan fingerprint density at radius 2 is 2.24 bits per heavy atom. The molecule has 2 heterocycles. The molecule has 3 N–H and O–H groups in total. The number of amides is 1. The molecule has 1 atom stereocenters. The van der Waals surface area contributed by atoms with Gasteiger partial charge in [-0.2, -0.15) is 0 Å². The summed E-state index contributed by atoms with van der Waals surface area (Å²) in [5, 5.41) is 14.3. The number of carbonyl (C=O) groups is 1. The van der Waals surface area contributed by atoms with Gasteiger partial charge in [0.05, 0.1) is 17.6 Å². The van der Waals surface area contributed by atoms with Crippen molar-refractivity contribution in [1.29, 1.82) is 0 Å². The molecule has 0 spiro atoms. The summed E-state index contributed by atoms with van der Waals surface area (Å²) in [6.07, 6.45) is 1.64. The van der Waals surface area contributed by atoms with Crippen LogP contribution in [0.15, 0.2) is 16.8 Å². The van der Waals surface area contributed by atoms with Gasteiger partial charge in [-0.1, -0.05) is 31.1 Å². The zero-order valence-corrected chi connectivity index (χ0v) is 12.6. The number of nitrogens with two attached hydrogens (primary N) is 1. The van der Waals surface area contributed by atoms with Crippen LogP contribution in [0, 0.1) is 0 Å². The van der Waals surface area contributed by atoms with Crippen molar-refractivity contribution in [3.8, 4) is 0 Å². The average Bonchev–Trinajstić information content (AvgIpc) is 2.97. The number of aromatic nitrogens is 4. The molecule has 0 saturated heterocycles. The lowest BCUT2D eigenvalue weighted by Gasteiger charge is -2.12. The first kappa shape index (κ1) is 15.2. The van der Waals surface area contributed by atoms with E-state index in [-0.39, 0.29) is 23.9 Å². The van der Waals surface area contributed by atoms with E-state index in [2.05, 4.69) is 20.8 Å². The summed E-state index contributed by atoms with van der Waals surface area (Å²) < 4.78 is 6.52. The van der Waals surface area contributed by atoms with Crippen molar-refractivity contribution in [3.63, 3.8) is 0 Å². The third kappa shape index (κ3) is 3.88. The molecule has 2 rings (SSSR count). The number of carbonyl (C=O) groups excluding carboxylic acids is 1. The summed E-state index contributed by atoms with van der Waals surface area (Å²) in [5.41, 5.74) is 6.96. The van der Waals surface area contributed by atoms with Crippen LogP contribution in [0.2, 0.25) is 0 Å². The predicted molar refractivity (Wildman–Crippen MR) is 76.5 cm³/mol. The molecule has 21 heavy (non-hydrogen) atoms. The van der Waals surface area contributed by atoms with Crippen LogP contribution in [0.1, 0.15) is 45.1 Å². The van der Waals surface area contributed by atoms with Gasteiger partial charge in [0.2, 0.25) is 11.8 Å². The van der Waals surface area contributed by atoms with Gasteiger partial charge in [-0.15, -0.1) is 5.10 Å². The maximum absolute atomic E-state index is 11.9. The summed E-state index contributed by atoms with van der Waals surface area (Å²) in [5.74, 6) is 0.0465. The van der Waals surface area contributed by atoms with Gasteiger partial charge >= 0.3 is 0 Å². The fourth-order valence-corrected chi connectivity index (χ4v) is 1.61. The Bertz CT molecular complexity index is 623. The molecule has 0 aliphatic rings. The topological polar surface area (TPSA) is 112 Å². The zero-order valence-electron chi connectivity index (χ0n) is 12.6. The van der Waals surface area contributed by atoms with Crippen molar-refractivity contribution in [2.75, 3.05) is 5.32 Å². The van der Waals surface area contributed by atoms with Gasteiger partial charge in [-0.25, -0.2) is 4.68 Å². The number of hydrogen-bond acceptors (Lipinski definition) is 6. The smallest absolute Gasteiger partial charge is 0.248 e. The fourth-order valence-electron chi connectivity index (χ4n) is 1.61. The van der Waals surface area contributed by atoms with Gasteiger partial charge in [0.15, 0.2) is 0 Å². The van der Waals surface area contributed by atoms with Crippen LogP contribution in [0.25, 0.3) is 0 Å². The molecule has 8 heteroatoms. The summed E-state index contributed by atoms with van der Waals surface area (Å²) in [6.45, 7) is 7.88. The maximum Gasteiger partial charge on any atom is 0.248 e. The van der Waals surface area contributed by atoms with Crippen molar-refractivity contribution < 1.29 is 9.32 Å². The third-order valence-electron chi connectivity index (χ3n) is 2.87. The van der Waals surface area contributed by atoms with Crippen LogP contribution in [0.4, 0.5) is 5.88 Å². The molecule has 0 bridgehead atoms. The van der Waals surface area contributed by atoms with E-state index in [1.54, 1.807) is 19.2 Å². The first-order chi connectivity index (χ1) is 9.75. The summed E-state index contributed by atoms with van der Waals surface area (Å²) >= 11 is 0. The minimum Gasteiger partial charge on any atom is -0.338 e. The lowest BCUT2D eigenvalue weighted by atomic mass is 9.92. The molecule has 8 nitrogen and oxygen atoms in total. The highest BCUT2D eigenvalue weighted by Crippen LogP contribution is 2.23. The van der Waals surface area contributed by atoms with Crippen LogP contribution in [-0.2, 0) is 16.8 Å². The van der Waals surface area contributed by atoms with E-state index in [9.17, 15) is 4.79 Å². The van der Waals surface area contributed by atoms with Gasteiger partial charge < -0.3 is 10.3 Å². The maximum atomic E-state index is 11.9. The van der Waals surface area contributed by atoms with E-state index in [1.807, 2.05) is 20.8 Å². The Kier molecular flexibility index (Phi) is 4.08. The van der Waals surface area contributed by atoms with Gasteiger partial charge in [0, 0.05) is 17.5 Å². The van der Waals surface area contributed by atoms with Crippen LogP contribution >= 0.6 is 0 Å². The van der Waals surface area contributed by atoms with E-state index in [0.717, 1.165) is 5.69 Å². The van der Waals surface area contributed by atoms with Crippen molar-refractivity contribution in [2.24, 2.45) is 5.73 Å². The lowest BCUT2D eigenvalue weighted by Crippen LogP contribution is -2.19. The highest BCUT2D eigenvalue weighted by Gasteiger charge is 2.19. The van der Waals surface area contributed by atoms with E-state index in [1.165, 1.54) is 4.68 Å². The van der Waals surface area contributed by atoms with E-state index in [0.29, 0.717) is 11.6 Å². The van der Waals surface area contributed by atoms with E-state index >= 15 is 0 Å². The zero-order chi connectivity index (χ0) is 15.6. The summed E-state index contributed by atoms with van der Waals surface area (Å²) in [4.78, 5) is 11.9. The molecule has 1 amide bonds. The SMILES string of the molecule is CC(N)c1cn(CC(=O)Nc2cc(C(C)(C)C)no2)nn1. The Hall–Kier alpha value is -2.22. The second-order valence-corrected chi connectivity index (χ2v) is 6.00. The highest BCUT2D eigenvalue weighted by molar-refractivity contribution is 5.89. The first-order valence-electron chi connectivity index (χ1n) is 6.68. The summed E-state index contributed by atoms with van der Waals surface area (Å²) in [7, 11) is 0. The molecule has 2 aromatic heterocycles. The number of nitrogens with one attached hydrogen (secondary N) is 1. The largest absolute Gasteiger partial charge is 0.338 e. The second kappa shape index (κ2) is 5.65. The molecular weight excluding hydrogens is 272 g/mol. The second-order valence-electron chi connectivity index (χ2n) is 6.00. The van der Waals surface area contributed by atoms with Gasteiger partial charge in [0.1, 0.15) is 6.54 Å². The lowest BCUT2D eigenvalue weighted by molar-refractivity contribution is -0.117. The molecule has 0 aliphatic carbocycles. The molecule has 0 saturated carbocycles.